The van der Waals surface area contributed by atoms with Gasteiger partial charge in [0.05, 0.1) is 21.5 Å². The van der Waals surface area contributed by atoms with E-state index in [0.717, 1.165) is 34.9 Å². The molecule has 0 saturated heterocycles. The number of fused-ring (bicyclic) bond motifs is 1. The van der Waals surface area contributed by atoms with Crippen molar-refractivity contribution in [1.82, 2.24) is 15.3 Å². The molecular formula is C20H16N6O5. The Kier molecular flexibility index (Phi) is 5.22. The third-order valence-corrected chi connectivity index (χ3v) is 4.87. The first-order chi connectivity index (χ1) is 14.9. The number of non-ortho nitro benzene ring substituents is 2. The maximum atomic E-state index is 12.5. The van der Waals surface area contributed by atoms with Gasteiger partial charge in [0.15, 0.2) is 0 Å². The molecule has 2 heterocycles. The summed E-state index contributed by atoms with van der Waals surface area (Å²) < 4.78 is 0. The van der Waals surface area contributed by atoms with Crippen molar-refractivity contribution < 1.29 is 14.6 Å². The number of anilines is 1. The van der Waals surface area contributed by atoms with Gasteiger partial charge in [0, 0.05) is 44.2 Å². The molecule has 156 valence electrons. The van der Waals surface area contributed by atoms with Gasteiger partial charge in [-0.05, 0) is 22.8 Å². The molecule has 0 bridgehead atoms. The van der Waals surface area contributed by atoms with Gasteiger partial charge in [0.1, 0.15) is 0 Å². The fourth-order valence-electron chi connectivity index (χ4n) is 3.38. The molecule has 0 fully saturated rings. The van der Waals surface area contributed by atoms with Gasteiger partial charge in [0.25, 0.3) is 17.3 Å². The minimum absolute atomic E-state index is 0.144. The molecule has 0 atom stereocenters. The van der Waals surface area contributed by atoms with Crippen molar-refractivity contribution in [3.63, 3.8) is 0 Å². The summed E-state index contributed by atoms with van der Waals surface area (Å²) in [6.45, 7) is 1.49. The first-order valence-corrected chi connectivity index (χ1v) is 9.25. The summed E-state index contributed by atoms with van der Waals surface area (Å²) in [6.07, 6.45) is 3.37. The van der Waals surface area contributed by atoms with Crippen LogP contribution in [0, 0.1) is 20.2 Å². The summed E-state index contributed by atoms with van der Waals surface area (Å²) in [4.78, 5) is 43.5. The van der Waals surface area contributed by atoms with E-state index in [-0.39, 0.29) is 12.1 Å². The summed E-state index contributed by atoms with van der Waals surface area (Å²) in [5, 5.41) is 24.7. The van der Waals surface area contributed by atoms with Gasteiger partial charge < -0.3 is 10.2 Å². The molecule has 1 N–H and O–H groups in total. The number of amides is 1. The van der Waals surface area contributed by atoms with E-state index in [4.69, 9.17) is 0 Å². The highest BCUT2D eigenvalue weighted by Gasteiger charge is 2.22. The van der Waals surface area contributed by atoms with E-state index in [0.29, 0.717) is 19.0 Å². The summed E-state index contributed by atoms with van der Waals surface area (Å²) in [5.41, 5.74) is 1.89. The standard InChI is InChI=1S/C20H16N6O5/c27-19(15-7-17(25(28)29)9-18(8-15)26(30)31)23-10-13-2-3-14-11-24(12-16(14)6-13)20-21-4-1-5-22-20/h1-9H,10-12H2,(H,23,27). The van der Waals surface area contributed by atoms with Gasteiger partial charge in [-0.2, -0.15) is 0 Å². The van der Waals surface area contributed by atoms with Crippen molar-refractivity contribution in [2.24, 2.45) is 0 Å². The number of nitro groups is 2. The number of nitrogens with one attached hydrogen (secondary N) is 1. The van der Waals surface area contributed by atoms with E-state index in [1.54, 1.807) is 18.5 Å². The van der Waals surface area contributed by atoms with Crippen molar-refractivity contribution in [2.75, 3.05) is 4.90 Å². The fraction of sp³-hybridized carbons (Fsp3) is 0.150. The molecule has 0 saturated carbocycles. The Morgan fingerprint density at radius 3 is 2.26 bits per heavy atom. The zero-order valence-corrected chi connectivity index (χ0v) is 16.1. The van der Waals surface area contributed by atoms with Gasteiger partial charge in [-0.3, -0.25) is 25.0 Å². The molecule has 1 aliphatic rings. The third-order valence-electron chi connectivity index (χ3n) is 4.87. The van der Waals surface area contributed by atoms with E-state index in [1.165, 1.54) is 0 Å². The Balaban J connectivity index is 1.46. The summed E-state index contributed by atoms with van der Waals surface area (Å²) in [6, 6.07) is 10.4. The first-order valence-electron chi connectivity index (χ1n) is 9.25. The van der Waals surface area contributed by atoms with Crippen LogP contribution in [0.5, 0.6) is 0 Å². The number of rotatable bonds is 6. The lowest BCUT2D eigenvalue weighted by Crippen LogP contribution is -2.23. The quantitative estimate of drug-likeness (QED) is 0.473. The molecule has 0 aliphatic carbocycles. The molecule has 4 rings (SSSR count). The average Bonchev–Trinajstić information content (AvgIpc) is 3.21. The number of nitro benzene ring substituents is 2. The van der Waals surface area contributed by atoms with Crippen LogP contribution in [-0.2, 0) is 19.6 Å². The molecule has 1 amide bonds. The summed E-state index contributed by atoms with van der Waals surface area (Å²) >= 11 is 0. The number of carbonyl (C=O) groups excluding carboxylic acids is 1. The lowest BCUT2D eigenvalue weighted by Gasteiger charge is -2.13. The van der Waals surface area contributed by atoms with Crippen LogP contribution in [0.4, 0.5) is 17.3 Å². The van der Waals surface area contributed by atoms with Crippen molar-refractivity contribution >= 4 is 23.2 Å². The van der Waals surface area contributed by atoms with E-state index in [1.807, 2.05) is 23.1 Å². The predicted octanol–water partition coefficient (Wildman–Crippen LogP) is 2.74. The van der Waals surface area contributed by atoms with E-state index in [9.17, 15) is 25.0 Å². The number of nitrogens with zero attached hydrogens (tertiary/aromatic N) is 5. The topological polar surface area (TPSA) is 144 Å². The van der Waals surface area contributed by atoms with Crippen molar-refractivity contribution in [3.05, 3.63) is 97.3 Å². The Labute approximate surface area is 175 Å². The van der Waals surface area contributed by atoms with Gasteiger partial charge in [-0.25, -0.2) is 9.97 Å². The van der Waals surface area contributed by atoms with Gasteiger partial charge in [-0.15, -0.1) is 0 Å². The molecule has 0 radical (unpaired) electrons. The zero-order valence-electron chi connectivity index (χ0n) is 16.1. The number of hydrogen-bond donors (Lipinski definition) is 1. The lowest BCUT2D eigenvalue weighted by atomic mass is 10.1. The molecule has 1 aliphatic heterocycles. The minimum atomic E-state index is -0.771. The van der Waals surface area contributed by atoms with Crippen LogP contribution < -0.4 is 10.2 Å². The van der Waals surface area contributed by atoms with Crippen LogP contribution in [0.2, 0.25) is 0 Å². The highest BCUT2D eigenvalue weighted by Crippen LogP contribution is 2.27. The zero-order chi connectivity index (χ0) is 22.0. The van der Waals surface area contributed by atoms with Crippen molar-refractivity contribution in [2.45, 2.75) is 19.6 Å². The van der Waals surface area contributed by atoms with Crippen LogP contribution in [-0.4, -0.2) is 25.7 Å². The molecule has 11 nitrogen and oxygen atoms in total. The summed E-state index contributed by atoms with van der Waals surface area (Å²) in [7, 11) is 0. The largest absolute Gasteiger partial charge is 0.348 e. The molecule has 0 spiro atoms. The molecular weight excluding hydrogens is 404 g/mol. The van der Waals surface area contributed by atoms with Gasteiger partial charge >= 0.3 is 0 Å². The number of hydrogen-bond acceptors (Lipinski definition) is 8. The van der Waals surface area contributed by atoms with Crippen molar-refractivity contribution in [3.8, 4) is 0 Å². The Morgan fingerprint density at radius 2 is 1.61 bits per heavy atom. The lowest BCUT2D eigenvalue weighted by molar-refractivity contribution is -0.394. The summed E-state index contributed by atoms with van der Waals surface area (Å²) in [5.74, 6) is 0.00688. The second-order valence-corrected chi connectivity index (χ2v) is 6.94. The van der Waals surface area contributed by atoms with E-state index in [2.05, 4.69) is 15.3 Å². The number of benzene rings is 2. The first kappa shape index (κ1) is 19.9. The monoisotopic (exact) mass is 420 g/mol. The second kappa shape index (κ2) is 8.14. The fourth-order valence-corrected chi connectivity index (χ4v) is 3.38. The Hall–Kier alpha value is -4.41. The minimum Gasteiger partial charge on any atom is -0.348 e. The maximum Gasteiger partial charge on any atom is 0.277 e. The molecule has 1 aromatic heterocycles. The van der Waals surface area contributed by atoms with E-state index < -0.39 is 27.1 Å². The predicted molar refractivity (Wildman–Crippen MR) is 109 cm³/mol. The Morgan fingerprint density at radius 1 is 0.968 bits per heavy atom. The van der Waals surface area contributed by atoms with Crippen LogP contribution in [0.25, 0.3) is 0 Å². The van der Waals surface area contributed by atoms with E-state index >= 15 is 0 Å². The van der Waals surface area contributed by atoms with Crippen LogP contribution in [0.15, 0.2) is 54.9 Å². The smallest absolute Gasteiger partial charge is 0.277 e. The second-order valence-electron chi connectivity index (χ2n) is 6.94. The SMILES string of the molecule is O=C(NCc1ccc2c(c1)CN(c1ncccn1)C2)c1cc([N+](=O)[O-])cc([N+](=O)[O-])c1. The highest BCUT2D eigenvalue weighted by molar-refractivity contribution is 5.95. The molecule has 31 heavy (non-hydrogen) atoms. The molecule has 2 aromatic carbocycles. The third kappa shape index (κ3) is 4.29. The van der Waals surface area contributed by atoms with Crippen LogP contribution in [0.3, 0.4) is 0 Å². The molecule has 0 unspecified atom stereocenters. The highest BCUT2D eigenvalue weighted by atomic mass is 16.6. The number of aromatic nitrogens is 2. The Bertz CT molecular complexity index is 1150. The van der Waals surface area contributed by atoms with Gasteiger partial charge in [-0.1, -0.05) is 18.2 Å². The van der Waals surface area contributed by atoms with Crippen molar-refractivity contribution in [1.29, 1.82) is 0 Å². The van der Waals surface area contributed by atoms with Crippen LogP contribution >= 0.6 is 0 Å². The average molecular weight is 420 g/mol. The maximum absolute atomic E-state index is 12.5. The van der Waals surface area contributed by atoms with Gasteiger partial charge in [0.2, 0.25) is 5.95 Å². The number of carbonyl (C=O) groups is 1. The molecule has 11 heteroatoms. The normalized spacial score (nSPS) is 12.3. The van der Waals surface area contributed by atoms with Crippen LogP contribution in [0.1, 0.15) is 27.0 Å². The molecule has 3 aromatic rings.